The summed E-state index contributed by atoms with van der Waals surface area (Å²) in [7, 11) is 0. The van der Waals surface area contributed by atoms with E-state index in [0.29, 0.717) is 16.9 Å². The average molecular weight is 291 g/mol. The highest BCUT2D eigenvalue weighted by atomic mass is 35.5. The minimum Gasteiger partial charge on any atom is -0.458 e. The second-order valence-corrected chi connectivity index (χ2v) is 5.00. The summed E-state index contributed by atoms with van der Waals surface area (Å²) in [5, 5.41) is 11.2. The van der Waals surface area contributed by atoms with E-state index in [1.54, 1.807) is 18.2 Å². The van der Waals surface area contributed by atoms with Gasteiger partial charge in [-0.2, -0.15) is 0 Å². The first kappa shape index (κ1) is 13.2. The van der Waals surface area contributed by atoms with Crippen molar-refractivity contribution in [2.45, 2.75) is 12.5 Å². The lowest BCUT2D eigenvalue weighted by Crippen LogP contribution is -2.01. The summed E-state index contributed by atoms with van der Waals surface area (Å²) in [5.74, 6) is -0.0347. The molecule has 1 unspecified atom stereocenters. The van der Waals surface area contributed by atoms with Gasteiger partial charge in [-0.3, -0.25) is 0 Å². The average Bonchev–Trinajstić information content (AvgIpc) is 2.88. The Hall–Kier alpha value is -1.84. The Morgan fingerprint density at radius 1 is 1.15 bits per heavy atom. The number of aliphatic hydroxyl groups is 1. The van der Waals surface area contributed by atoms with Crippen LogP contribution in [0.4, 0.5) is 4.39 Å². The smallest absolute Gasteiger partial charge is 0.142 e. The molecule has 1 atom stereocenters. The summed E-state index contributed by atoms with van der Waals surface area (Å²) in [6, 6.07) is 13.8. The molecule has 1 heterocycles. The largest absolute Gasteiger partial charge is 0.458 e. The van der Waals surface area contributed by atoms with Crippen molar-refractivity contribution in [3.63, 3.8) is 0 Å². The van der Waals surface area contributed by atoms with Gasteiger partial charge in [0.05, 0.1) is 5.02 Å². The molecule has 2 nitrogen and oxygen atoms in total. The van der Waals surface area contributed by atoms with Crippen molar-refractivity contribution in [1.29, 1.82) is 0 Å². The van der Waals surface area contributed by atoms with Crippen LogP contribution in [0.25, 0.3) is 11.0 Å². The van der Waals surface area contributed by atoms with Gasteiger partial charge in [-0.1, -0.05) is 41.9 Å². The van der Waals surface area contributed by atoms with E-state index in [1.807, 2.05) is 24.3 Å². The Morgan fingerprint density at radius 2 is 1.95 bits per heavy atom. The van der Waals surface area contributed by atoms with Crippen LogP contribution in [-0.4, -0.2) is 5.11 Å². The van der Waals surface area contributed by atoms with E-state index >= 15 is 0 Å². The third kappa shape index (κ3) is 2.42. The van der Waals surface area contributed by atoms with Crippen molar-refractivity contribution in [1.82, 2.24) is 0 Å². The monoisotopic (exact) mass is 290 g/mol. The van der Waals surface area contributed by atoms with E-state index in [-0.39, 0.29) is 11.4 Å². The van der Waals surface area contributed by atoms with Crippen LogP contribution in [-0.2, 0) is 6.42 Å². The van der Waals surface area contributed by atoms with Crippen LogP contribution >= 0.6 is 11.6 Å². The minimum absolute atomic E-state index is 0.0441. The molecule has 0 bridgehead atoms. The third-order valence-corrected chi connectivity index (χ3v) is 3.64. The quantitative estimate of drug-likeness (QED) is 0.770. The van der Waals surface area contributed by atoms with Crippen LogP contribution < -0.4 is 0 Å². The number of furan rings is 1. The van der Waals surface area contributed by atoms with E-state index in [0.717, 1.165) is 5.39 Å². The molecule has 0 fully saturated rings. The zero-order chi connectivity index (χ0) is 14.1. The zero-order valence-corrected chi connectivity index (χ0v) is 11.3. The zero-order valence-electron chi connectivity index (χ0n) is 10.5. The summed E-state index contributed by atoms with van der Waals surface area (Å²) < 4.78 is 18.9. The Bertz CT molecular complexity index is 718. The second-order valence-electron chi connectivity index (χ2n) is 4.62. The van der Waals surface area contributed by atoms with Crippen molar-refractivity contribution >= 4 is 22.6 Å². The molecule has 2 aromatic carbocycles. The normalized spacial score (nSPS) is 12.8. The van der Waals surface area contributed by atoms with E-state index in [1.165, 1.54) is 6.07 Å². The van der Waals surface area contributed by atoms with Crippen LogP contribution in [0, 0.1) is 5.82 Å². The number of hydrogen-bond donors (Lipinski definition) is 1. The van der Waals surface area contributed by atoms with Gasteiger partial charge in [0.25, 0.3) is 0 Å². The second kappa shape index (κ2) is 5.27. The molecule has 0 saturated heterocycles. The molecule has 0 aliphatic carbocycles. The summed E-state index contributed by atoms with van der Waals surface area (Å²) in [5.41, 5.74) is 1.27. The van der Waals surface area contributed by atoms with Gasteiger partial charge in [0.2, 0.25) is 0 Å². The van der Waals surface area contributed by atoms with E-state index in [2.05, 4.69) is 0 Å². The molecule has 3 aromatic rings. The van der Waals surface area contributed by atoms with Gasteiger partial charge < -0.3 is 9.52 Å². The van der Waals surface area contributed by atoms with Gasteiger partial charge in [0, 0.05) is 11.8 Å². The van der Waals surface area contributed by atoms with Crippen molar-refractivity contribution in [3.05, 3.63) is 70.7 Å². The standard InChI is InChI=1S/C16H12ClFO2/c17-16-11(5-3-6-12(16)18)8-13(19)15-9-10-4-1-2-7-14(10)20-15/h1-7,9,13,19H,8H2. The predicted octanol–water partition coefficient (Wildman–Crippen LogP) is 4.50. The predicted molar refractivity (Wildman–Crippen MR) is 76.3 cm³/mol. The Labute approximate surface area is 120 Å². The molecule has 4 heteroatoms. The highest BCUT2D eigenvalue weighted by Gasteiger charge is 2.16. The number of aliphatic hydroxyl groups excluding tert-OH is 1. The SMILES string of the molecule is OC(Cc1cccc(F)c1Cl)c1cc2ccccc2o1. The van der Waals surface area contributed by atoms with Crippen LogP contribution in [0.3, 0.4) is 0 Å². The highest BCUT2D eigenvalue weighted by Crippen LogP contribution is 2.28. The molecular weight excluding hydrogens is 279 g/mol. The Kier molecular flexibility index (Phi) is 3.47. The number of benzene rings is 2. The van der Waals surface area contributed by atoms with Gasteiger partial charge in [-0.05, 0) is 23.8 Å². The van der Waals surface area contributed by atoms with Gasteiger partial charge in [-0.25, -0.2) is 4.39 Å². The van der Waals surface area contributed by atoms with E-state index in [9.17, 15) is 9.50 Å². The number of hydrogen-bond acceptors (Lipinski definition) is 2. The lowest BCUT2D eigenvalue weighted by Gasteiger charge is -2.09. The number of halogens is 2. The number of para-hydroxylation sites is 1. The van der Waals surface area contributed by atoms with Gasteiger partial charge in [0.1, 0.15) is 23.3 Å². The maximum atomic E-state index is 13.4. The van der Waals surface area contributed by atoms with E-state index in [4.69, 9.17) is 16.0 Å². The fraction of sp³-hybridized carbons (Fsp3) is 0.125. The minimum atomic E-state index is -0.860. The summed E-state index contributed by atoms with van der Waals surface area (Å²) in [4.78, 5) is 0. The molecule has 20 heavy (non-hydrogen) atoms. The summed E-state index contributed by atoms with van der Waals surface area (Å²) in [6.07, 6.45) is -0.655. The molecule has 102 valence electrons. The first-order chi connectivity index (χ1) is 9.65. The van der Waals surface area contributed by atoms with Crippen LogP contribution in [0.1, 0.15) is 17.4 Å². The van der Waals surface area contributed by atoms with Crippen LogP contribution in [0.15, 0.2) is 52.9 Å². The Morgan fingerprint density at radius 3 is 2.75 bits per heavy atom. The molecule has 3 rings (SSSR count). The molecule has 0 radical (unpaired) electrons. The molecule has 1 N–H and O–H groups in total. The lowest BCUT2D eigenvalue weighted by atomic mass is 10.1. The topological polar surface area (TPSA) is 33.4 Å². The van der Waals surface area contributed by atoms with Crippen LogP contribution in [0.2, 0.25) is 5.02 Å². The van der Waals surface area contributed by atoms with Gasteiger partial charge in [-0.15, -0.1) is 0 Å². The van der Waals surface area contributed by atoms with Crippen molar-refractivity contribution in [2.24, 2.45) is 0 Å². The van der Waals surface area contributed by atoms with E-state index < -0.39 is 11.9 Å². The maximum Gasteiger partial charge on any atom is 0.142 e. The first-order valence-electron chi connectivity index (χ1n) is 6.24. The summed E-state index contributed by atoms with van der Waals surface area (Å²) in [6.45, 7) is 0. The molecule has 0 amide bonds. The fourth-order valence-electron chi connectivity index (χ4n) is 2.18. The fourth-order valence-corrected chi connectivity index (χ4v) is 2.38. The Balaban J connectivity index is 1.89. The number of rotatable bonds is 3. The third-order valence-electron chi connectivity index (χ3n) is 3.22. The maximum absolute atomic E-state index is 13.4. The van der Waals surface area contributed by atoms with Crippen molar-refractivity contribution < 1.29 is 13.9 Å². The molecular formula is C16H12ClFO2. The summed E-state index contributed by atoms with van der Waals surface area (Å²) >= 11 is 5.89. The number of fused-ring (bicyclic) bond motifs is 1. The first-order valence-corrected chi connectivity index (χ1v) is 6.62. The molecule has 1 aromatic heterocycles. The van der Waals surface area contributed by atoms with Crippen molar-refractivity contribution in [2.75, 3.05) is 0 Å². The van der Waals surface area contributed by atoms with Crippen molar-refractivity contribution in [3.8, 4) is 0 Å². The molecule has 0 aliphatic rings. The molecule has 0 saturated carbocycles. The van der Waals surface area contributed by atoms with Crippen LogP contribution in [0.5, 0.6) is 0 Å². The molecule has 0 spiro atoms. The highest BCUT2D eigenvalue weighted by molar-refractivity contribution is 6.31. The van der Waals surface area contributed by atoms with Gasteiger partial charge in [0.15, 0.2) is 0 Å². The molecule has 0 aliphatic heterocycles. The van der Waals surface area contributed by atoms with Gasteiger partial charge >= 0.3 is 0 Å². The lowest BCUT2D eigenvalue weighted by molar-refractivity contribution is 0.152.